The maximum absolute atomic E-state index is 9.12. The van der Waals surface area contributed by atoms with Gasteiger partial charge in [-0.3, -0.25) is 0 Å². The first kappa shape index (κ1) is 11.0. The number of nitrogens with two attached hydrogens (primary N) is 1. The Morgan fingerprint density at radius 2 is 2.08 bits per heavy atom. The predicted octanol–water partition coefficient (Wildman–Crippen LogP) is 1.77. The van der Waals surface area contributed by atoms with Crippen molar-refractivity contribution in [2.24, 2.45) is 22.5 Å². The molecule has 0 aliphatic heterocycles. The van der Waals surface area contributed by atoms with Crippen molar-refractivity contribution in [1.82, 2.24) is 0 Å². The maximum atomic E-state index is 9.12. The Bertz CT molecular complexity index is 179. The molecule has 13 heavy (non-hydrogen) atoms. The summed E-state index contributed by atoms with van der Waals surface area (Å²) in [5.41, 5.74) is 6.37. The first-order valence-corrected chi connectivity index (χ1v) is 5.31. The van der Waals surface area contributed by atoms with Gasteiger partial charge >= 0.3 is 0 Å². The summed E-state index contributed by atoms with van der Waals surface area (Å²) in [6.45, 7) is 7.84. The Morgan fingerprint density at radius 1 is 1.46 bits per heavy atom. The van der Waals surface area contributed by atoms with Crippen LogP contribution < -0.4 is 5.73 Å². The summed E-state index contributed by atoms with van der Waals surface area (Å²) < 4.78 is 0. The van der Waals surface area contributed by atoms with Crippen molar-refractivity contribution in [2.45, 2.75) is 40.0 Å². The minimum Gasteiger partial charge on any atom is -0.396 e. The van der Waals surface area contributed by atoms with E-state index >= 15 is 0 Å². The van der Waals surface area contributed by atoms with E-state index in [0.29, 0.717) is 17.9 Å². The van der Waals surface area contributed by atoms with Gasteiger partial charge in [0, 0.05) is 6.61 Å². The van der Waals surface area contributed by atoms with Crippen molar-refractivity contribution in [1.29, 1.82) is 0 Å². The molecule has 2 nitrogen and oxygen atoms in total. The van der Waals surface area contributed by atoms with Crippen molar-refractivity contribution in [3.63, 3.8) is 0 Å². The molecule has 0 aromatic carbocycles. The van der Waals surface area contributed by atoms with E-state index in [1.54, 1.807) is 0 Å². The fourth-order valence-electron chi connectivity index (χ4n) is 3.13. The standard InChI is InChI=1S/C11H23NO/c1-9-4-5-10(2,3)11(9,8-12)6-7-13/h9,13H,4-8,12H2,1-3H3. The van der Waals surface area contributed by atoms with E-state index in [0.717, 1.165) is 6.42 Å². The van der Waals surface area contributed by atoms with Crippen LogP contribution in [0.25, 0.3) is 0 Å². The average molecular weight is 185 g/mol. The Kier molecular flexibility index (Phi) is 3.03. The van der Waals surface area contributed by atoms with Crippen LogP contribution in [0.2, 0.25) is 0 Å². The Balaban J connectivity index is 2.91. The van der Waals surface area contributed by atoms with Gasteiger partial charge in [-0.2, -0.15) is 0 Å². The van der Waals surface area contributed by atoms with Crippen LogP contribution in [-0.4, -0.2) is 18.3 Å². The van der Waals surface area contributed by atoms with Gasteiger partial charge in [0.05, 0.1) is 0 Å². The molecule has 0 heterocycles. The molecule has 2 unspecified atom stereocenters. The molecule has 78 valence electrons. The highest BCUT2D eigenvalue weighted by Gasteiger charge is 2.51. The van der Waals surface area contributed by atoms with E-state index in [2.05, 4.69) is 20.8 Å². The van der Waals surface area contributed by atoms with Crippen molar-refractivity contribution in [3.05, 3.63) is 0 Å². The molecule has 2 heteroatoms. The van der Waals surface area contributed by atoms with Crippen LogP contribution in [0.15, 0.2) is 0 Å². The third-order valence-electron chi connectivity index (χ3n) is 4.42. The lowest BCUT2D eigenvalue weighted by Gasteiger charge is -2.43. The van der Waals surface area contributed by atoms with Crippen LogP contribution in [0.5, 0.6) is 0 Å². The van der Waals surface area contributed by atoms with Gasteiger partial charge in [-0.25, -0.2) is 0 Å². The molecule has 1 saturated carbocycles. The maximum Gasteiger partial charge on any atom is 0.0437 e. The largest absolute Gasteiger partial charge is 0.396 e. The highest BCUT2D eigenvalue weighted by molar-refractivity contribution is 5.02. The van der Waals surface area contributed by atoms with Crippen LogP contribution in [0.1, 0.15) is 40.0 Å². The zero-order valence-corrected chi connectivity index (χ0v) is 9.14. The van der Waals surface area contributed by atoms with Crippen LogP contribution in [0, 0.1) is 16.7 Å². The molecule has 2 atom stereocenters. The number of aliphatic hydroxyl groups excluding tert-OH is 1. The second-order valence-corrected chi connectivity index (χ2v) is 5.16. The van der Waals surface area contributed by atoms with Gasteiger partial charge in [0.1, 0.15) is 0 Å². The average Bonchev–Trinajstić information content (AvgIpc) is 2.29. The lowest BCUT2D eigenvalue weighted by atomic mass is 9.63. The van der Waals surface area contributed by atoms with Crippen LogP contribution in [0.4, 0.5) is 0 Å². The zero-order valence-electron chi connectivity index (χ0n) is 9.14. The summed E-state index contributed by atoms with van der Waals surface area (Å²) in [5.74, 6) is 0.652. The highest BCUT2D eigenvalue weighted by atomic mass is 16.3. The van der Waals surface area contributed by atoms with E-state index in [9.17, 15) is 0 Å². The summed E-state index contributed by atoms with van der Waals surface area (Å²) in [5, 5.41) is 9.12. The summed E-state index contributed by atoms with van der Waals surface area (Å²) in [7, 11) is 0. The zero-order chi connectivity index (χ0) is 10.1. The third kappa shape index (κ3) is 1.50. The molecule has 1 aliphatic carbocycles. The summed E-state index contributed by atoms with van der Waals surface area (Å²) in [6, 6.07) is 0. The summed E-state index contributed by atoms with van der Waals surface area (Å²) in [4.78, 5) is 0. The predicted molar refractivity (Wildman–Crippen MR) is 55.4 cm³/mol. The fraction of sp³-hybridized carbons (Fsp3) is 1.00. The van der Waals surface area contributed by atoms with E-state index in [-0.39, 0.29) is 12.0 Å². The van der Waals surface area contributed by atoms with E-state index in [4.69, 9.17) is 10.8 Å². The number of hydrogen-bond acceptors (Lipinski definition) is 2. The van der Waals surface area contributed by atoms with Gasteiger partial charge in [0.25, 0.3) is 0 Å². The molecule has 0 radical (unpaired) electrons. The molecule has 1 fully saturated rings. The van der Waals surface area contributed by atoms with E-state index in [1.165, 1.54) is 12.8 Å². The van der Waals surface area contributed by atoms with Crippen molar-refractivity contribution >= 4 is 0 Å². The van der Waals surface area contributed by atoms with E-state index < -0.39 is 0 Å². The van der Waals surface area contributed by atoms with Gasteiger partial charge in [-0.05, 0) is 42.6 Å². The molecule has 1 rings (SSSR count). The molecular formula is C11H23NO. The van der Waals surface area contributed by atoms with Gasteiger partial charge in [0.15, 0.2) is 0 Å². The molecule has 3 N–H and O–H groups in total. The minimum absolute atomic E-state index is 0.168. The van der Waals surface area contributed by atoms with Gasteiger partial charge in [-0.1, -0.05) is 20.8 Å². The monoisotopic (exact) mass is 185 g/mol. The summed E-state index contributed by atoms with van der Waals surface area (Å²) in [6.07, 6.45) is 3.35. The number of aliphatic hydroxyl groups is 1. The minimum atomic E-state index is 0.168. The summed E-state index contributed by atoms with van der Waals surface area (Å²) >= 11 is 0. The fourth-order valence-corrected chi connectivity index (χ4v) is 3.13. The first-order chi connectivity index (χ1) is 6.00. The molecule has 0 saturated heterocycles. The lowest BCUT2D eigenvalue weighted by molar-refractivity contribution is 0.0453. The normalized spacial score (nSPS) is 38.1. The Morgan fingerprint density at radius 3 is 2.38 bits per heavy atom. The van der Waals surface area contributed by atoms with Crippen molar-refractivity contribution in [3.8, 4) is 0 Å². The third-order valence-corrected chi connectivity index (χ3v) is 4.42. The molecule has 0 amide bonds. The van der Waals surface area contributed by atoms with Crippen molar-refractivity contribution in [2.75, 3.05) is 13.2 Å². The van der Waals surface area contributed by atoms with Crippen LogP contribution >= 0.6 is 0 Å². The van der Waals surface area contributed by atoms with Crippen LogP contribution in [0.3, 0.4) is 0 Å². The Hall–Kier alpha value is -0.0800. The van der Waals surface area contributed by atoms with Crippen LogP contribution in [-0.2, 0) is 0 Å². The van der Waals surface area contributed by atoms with Gasteiger partial charge < -0.3 is 10.8 Å². The van der Waals surface area contributed by atoms with Crippen molar-refractivity contribution < 1.29 is 5.11 Å². The quantitative estimate of drug-likeness (QED) is 0.704. The molecule has 0 aromatic rings. The lowest BCUT2D eigenvalue weighted by Crippen LogP contribution is -2.44. The molecule has 0 aromatic heterocycles. The SMILES string of the molecule is CC1CCC(C)(C)C1(CN)CCO. The first-order valence-electron chi connectivity index (χ1n) is 5.31. The number of hydrogen-bond donors (Lipinski definition) is 2. The topological polar surface area (TPSA) is 46.2 Å². The molecule has 1 aliphatic rings. The Labute approximate surface area is 81.5 Å². The number of rotatable bonds is 3. The van der Waals surface area contributed by atoms with Gasteiger partial charge in [-0.15, -0.1) is 0 Å². The molecule has 0 bridgehead atoms. The molecule has 0 spiro atoms. The second kappa shape index (κ2) is 3.58. The smallest absolute Gasteiger partial charge is 0.0437 e. The van der Waals surface area contributed by atoms with E-state index in [1.807, 2.05) is 0 Å². The second-order valence-electron chi connectivity index (χ2n) is 5.16. The molecular weight excluding hydrogens is 162 g/mol. The highest BCUT2D eigenvalue weighted by Crippen LogP contribution is 2.57. The van der Waals surface area contributed by atoms with Gasteiger partial charge in [0.2, 0.25) is 0 Å².